The minimum absolute atomic E-state index is 0.234. The zero-order valence-electron chi connectivity index (χ0n) is 16.9. The Hall–Kier alpha value is -2.65. The van der Waals surface area contributed by atoms with Crippen LogP contribution in [0.15, 0.2) is 61.2 Å². The van der Waals surface area contributed by atoms with Gasteiger partial charge in [0.1, 0.15) is 0 Å². The third-order valence-corrected chi connectivity index (χ3v) is 9.33. The molecule has 6 bridgehead atoms. The van der Waals surface area contributed by atoms with Crippen molar-refractivity contribution in [2.75, 3.05) is 13.1 Å². The van der Waals surface area contributed by atoms with E-state index in [9.17, 15) is 0 Å². The van der Waals surface area contributed by atoms with Crippen LogP contribution < -0.4 is 4.74 Å². The Labute approximate surface area is 185 Å². The summed E-state index contributed by atoms with van der Waals surface area (Å²) in [6.45, 7) is 7.33. The van der Waals surface area contributed by atoms with Crippen LogP contribution in [0.1, 0.15) is 25.0 Å². The maximum absolute atomic E-state index is 6.16. The molecule has 0 aliphatic carbocycles. The Bertz CT molecular complexity index is 1160. The Morgan fingerprint density at radius 2 is 1.53 bits per heavy atom. The van der Waals surface area contributed by atoms with E-state index in [0.29, 0.717) is 0 Å². The first-order chi connectivity index (χ1) is 14.6. The quantitative estimate of drug-likeness (QED) is 0.448. The van der Waals surface area contributed by atoms with Gasteiger partial charge in [-0.2, -0.15) is 0 Å². The van der Waals surface area contributed by atoms with Gasteiger partial charge in [-0.15, -0.1) is 0 Å². The normalized spacial score (nSPS) is 21.3. The number of hydrogen-bond acceptors (Lipinski definition) is 5. The van der Waals surface area contributed by atoms with E-state index in [2.05, 4.69) is 88.6 Å². The summed E-state index contributed by atoms with van der Waals surface area (Å²) in [6.07, 6.45) is 8.92. The summed E-state index contributed by atoms with van der Waals surface area (Å²) in [5, 5.41) is 0. The summed E-state index contributed by atoms with van der Waals surface area (Å²) in [4.78, 5) is 9.70. The molecule has 0 spiro atoms. The first-order valence-corrected chi connectivity index (χ1v) is 12.4. The van der Waals surface area contributed by atoms with Gasteiger partial charge in [0.2, 0.25) is 0 Å². The molecule has 6 heteroatoms. The molecule has 30 heavy (non-hydrogen) atoms. The molecule has 0 amide bonds. The van der Waals surface area contributed by atoms with Crippen molar-refractivity contribution in [2.45, 2.75) is 25.9 Å². The van der Waals surface area contributed by atoms with Crippen molar-refractivity contribution in [2.24, 2.45) is 0 Å². The zero-order chi connectivity index (χ0) is 20.3. The molecular formula is C24H22N4OPt-2. The molecule has 0 saturated carbocycles. The second-order valence-electron chi connectivity index (χ2n) is 8.17. The molecule has 0 unspecified atom stereocenters. The molecule has 0 saturated heterocycles. The number of rotatable bonds is 0. The van der Waals surface area contributed by atoms with Crippen molar-refractivity contribution in [3.63, 3.8) is 0 Å². The SMILES string of the molecule is CC1(C)c2[c-]c(ccc2)Oc2[c-]c(ccc2)CN2C=CN3CCN4C=CN1[C]4=[Pt]=[C]32. The van der Waals surface area contributed by atoms with Gasteiger partial charge in [-0.05, 0) is 0 Å². The van der Waals surface area contributed by atoms with Crippen LogP contribution >= 0.6 is 0 Å². The molecule has 0 N–H and O–H groups in total. The average Bonchev–Trinajstić information content (AvgIpc) is 3.27. The molecule has 156 valence electrons. The van der Waals surface area contributed by atoms with Gasteiger partial charge in [-0.3, -0.25) is 0 Å². The molecule has 0 radical (unpaired) electrons. The van der Waals surface area contributed by atoms with Crippen molar-refractivity contribution in [1.29, 1.82) is 0 Å². The molecule has 4 heterocycles. The van der Waals surface area contributed by atoms with Crippen LogP contribution in [0.5, 0.6) is 11.5 Å². The minimum atomic E-state index is -0.390. The molecule has 4 aliphatic rings. The van der Waals surface area contributed by atoms with Crippen LogP contribution in [0.3, 0.4) is 0 Å². The molecule has 5 nitrogen and oxygen atoms in total. The van der Waals surface area contributed by atoms with E-state index in [0.717, 1.165) is 42.3 Å². The van der Waals surface area contributed by atoms with Gasteiger partial charge in [0.15, 0.2) is 0 Å². The van der Waals surface area contributed by atoms with E-state index in [1.54, 1.807) is 0 Å². The van der Waals surface area contributed by atoms with Gasteiger partial charge in [-0.1, -0.05) is 0 Å². The van der Waals surface area contributed by atoms with E-state index in [1.165, 1.54) is 8.29 Å². The third-order valence-electron chi connectivity index (χ3n) is 5.81. The fraction of sp³-hybridized carbons (Fsp3) is 0.250. The summed E-state index contributed by atoms with van der Waals surface area (Å²) in [5.41, 5.74) is 2.00. The van der Waals surface area contributed by atoms with Crippen LogP contribution in [-0.4, -0.2) is 41.0 Å². The van der Waals surface area contributed by atoms with Gasteiger partial charge in [-0.25, -0.2) is 0 Å². The number of hydrogen-bond donors (Lipinski definition) is 0. The van der Waals surface area contributed by atoms with Crippen molar-refractivity contribution in [3.05, 3.63) is 84.5 Å². The number of benzene rings is 2. The maximum atomic E-state index is 6.16. The fourth-order valence-corrected chi connectivity index (χ4v) is 7.77. The number of nitrogens with zero attached hydrogens (tertiary/aromatic N) is 4. The Kier molecular flexibility index (Phi) is 4.04. The predicted molar refractivity (Wildman–Crippen MR) is 113 cm³/mol. The summed E-state index contributed by atoms with van der Waals surface area (Å²) in [5.74, 6) is 1.46. The van der Waals surface area contributed by atoms with Crippen LogP contribution in [-0.2, 0) is 29.7 Å². The second kappa shape index (κ2) is 6.68. The molecule has 2 aromatic rings. The summed E-state index contributed by atoms with van der Waals surface area (Å²) in [6, 6.07) is 19.3. The Balaban J connectivity index is 1.57. The standard InChI is InChI=1S/C24H22N4O.Pt/c1-24(2)21-6-4-8-23(16-21)29-22-7-3-5-20(15-22)17-27-12-11-25(18-27)9-10-26-13-14-28(24)19-26;/h3-8,11-14H,9-10,17H2,1-2H3;/q-2;. The van der Waals surface area contributed by atoms with Gasteiger partial charge in [0, 0.05) is 0 Å². The van der Waals surface area contributed by atoms with Gasteiger partial charge < -0.3 is 0 Å². The number of fused-ring (bicyclic) bond motifs is 4. The summed E-state index contributed by atoms with van der Waals surface area (Å²) >= 11 is -0.390. The molecule has 0 atom stereocenters. The van der Waals surface area contributed by atoms with E-state index in [4.69, 9.17) is 4.74 Å². The van der Waals surface area contributed by atoms with E-state index in [1.807, 2.05) is 18.2 Å². The molecule has 2 aromatic carbocycles. The zero-order valence-corrected chi connectivity index (χ0v) is 19.2. The first kappa shape index (κ1) is 18.1. The van der Waals surface area contributed by atoms with Gasteiger partial charge in [0.05, 0.1) is 0 Å². The topological polar surface area (TPSA) is 22.2 Å². The number of ether oxygens (including phenoxy) is 1. The van der Waals surface area contributed by atoms with Gasteiger partial charge >= 0.3 is 185 Å². The third kappa shape index (κ3) is 2.87. The van der Waals surface area contributed by atoms with Crippen LogP contribution in [0.2, 0.25) is 0 Å². The fourth-order valence-electron chi connectivity index (χ4n) is 4.07. The monoisotopic (exact) mass is 577 g/mol. The predicted octanol–water partition coefficient (Wildman–Crippen LogP) is 3.28. The van der Waals surface area contributed by atoms with Crippen molar-refractivity contribution in [3.8, 4) is 11.5 Å². The van der Waals surface area contributed by atoms with Crippen molar-refractivity contribution in [1.82, 2.24) is 19.6 Å². The summed E-state index contributed by atoms with van der Waals surface area (Å²) < 4.78 is 9.00. The van der Waals surface area contributed by atoms with Crippen molar-refractivity contribution >= 4 is 8.29 Å². The van der Waals surface area contributed by atoms with Gasteiger partial charge in [0.25, 0.3) is 0 Å². The van der Waals surface area contributed by atoms with Crippen molar-refractivity contribution < 1.29 is 22.4 Å². The van der Waals surface area contributed by atoms with Crippen LogP contribution in [0.4, 0.5) is 0 Å². The van der Waals surface area contributed by atoms with Crippen LogP contribution in [0, 0.1) is 12.1 Å². The second-order valence-corrected chi connectivity index (χ2v) is 10.8. The average molecular weight is 578 g/mol. The summed E-state index contributed by atoms with van der Waals surface area (Å²) in [7, 11) is 0. The molecule has 0 aromatic heterocycles. The van der Waals surface area contributed by atoms with E-state index in [-0.39, 0.29) is 23.2 Å². The first-order valence-electron chi connectivity index (χ1n) is 10.1. The Morgan fingerprint density at radius 3 is 2.40 bits per heavy atom. The molecule has 4 aliphatic heterocycles. The Morgan fingerprint density at radius 1 is 0.833 bits per heavy atom. The molecular weight excluding hydrogens is 555 g/mol. The molecule has 0 fully saturated rings. The molecule has 6 rings (SSSR count). The van der Waals surface area contributed by atoms with E-state index < -0.39 is 0 Å². The van der Waals surface area contributed by atoms with E-state index >= 15 is 0 Å². The van der Waals surface area contributed by atoms with Crippen LogP contribution in [0.25, 0.3) is 0 Å².